The first-order chi connectivity index (χ1) is 11.4. The summed E-state index contributed by atoms with van der Waals surface area (Å²) in [5.74, 6) is -0.0502. The van der Waals surface area contributed by atoms with E-state index in [9.17, 15) is 8.42 Å². The van der Waals surface area contributed by atoms with E-state index >= 15 is 0 Å². The van der Waals surface area contributed by atoms with Crippen molar-refractivity contribution in [3.05, 3.63) is 71.4 Å². The van der Waals surface area contributed by atoms with Crippen molar-refractivity contribution in [1.82, 2.24) is 10.2 Å². The highest BCUT2D eigenvalue weighted by Gasteiger charge is 2.14. The molecule has 5 nitrogen and oxygen atoms in total. The zero-order valence-electron chi connectivity index (χ0n) is 13.6. The van der Waals surface area contributed by atoms with Crippen LogP contribution in [0.5, 0.6) is 0 Å². The van der Waals surface area contributed by atoms with Gasteiger partial charge in [0.05, 0.1) is 11.4 Å². The van der Waals surface area contributed by atoms with E-state index in [1.54, 1.807) is 12.1 Å². The lowest BCUT2D eigenvalue weighted by atomic mass is 10.1. The average molecular weight is 341 g/mol. The summed E-state index contributed by atoms with van der Waals surface area (Å²) < 4.78 is 27.5. The maximum atomic E-state index is 12.4. The highest BCUT2D eigenvalue weighted by atomic mass is 32.2. The van der Waals surface area contributed by atoms with Crippen LogP contribution in [0.3, 0.4) is 0 Å². The number of aromatic nitrogens is 2. The zero-order valence-corrected chi connectivity index (χ0v) is 14.4. The van der Waals surface area contributed by atoms with E-state index in [4.69, 9.17) is 0 Å². The number of nitrogens with zero attached hydrogens (tertiary/aromatic N) is 1. The molecule has 0 aliphatic heterocycles. The highest BCUT2D eigenvalue weighted by Crippen LogP contribution is 2.23. The predicted molar refractivity (Wildman–Crippen MR) is 96.2 cm³/mol. The zero-order chi connectivity index (χ0) is 17.2. The minimum Gasteiger partial charge on any atom is -0.283 e. The Bertz CT molecular complexity index is 962. The maximum absolute atomic E-state index is 12.4. The topological polar surface area (TPSA) is 74.8 Å². The minimum absolute atomic E-state index is 0.0502. The fourth-order valence-electron chi connectivity index (χ4n) is 2.50. The van der Waals surface area contributed by atoms with Gasteiger partial charge in [-0.15, -0.1) is 0 Å². The van der Waals surface area contributed by atoms with Crippen LogP contribution < -0.4 is 4.72 Å². The largest absolute Gasteiger partial charge is 0.283 e. The number of anilines is 1. The van der Waals surface area contributed by atoms with Gasteiger partial charge in [-0.2, -0.15) is 5.10 Å². The number of rotatable bonds is 5. The third kappa shape index (κ3) is 3.83. The molecule has 1 aromatic heterocycles. The summed E-state index contributed by atoms with van der Waals surface area (Å²) in [6.07, 6.45) is 0. The normalized spacial score (nSPS) is 11.4. The molecule has 0 radical (unpaired) electrons. The first-order valence-corrected chi connectivity index (χ1v) is 9.26. The number of aromatic amines is 1. The Labute approximate surface area is 141 Å². The van der Waals surface area contributed by atoms with Gasteiger partial charge in [-0.1, -0.05) is 36.4 Å². The summed E-state index contributed by atoms with van der Waals surface area (Å²) in [4.78, 5) is 0. The van der Waals surface area contributed by atoms with E-state index in [1.807, 2.05) is 56.3 Å². The van der Waals surface area contributed by atoms with E-state index in [0.29, 0.717) is 5.69 Å². The molecule has 2 aromatic carbocycles. The summed E-state index contributed by atoms with van der Waals surface area (Å²) in [6.45, 7) is 3.83. The standard InChI is InChI=1S/C18H19N3O2S/c1-13-6-3-4-7-16(13)12-24(22,23)21-17-9-5-8-15(11-17)18-10-14(2)19-20-18/h3-11,21H,12H2,1-2H3,(H,19,20). The Balaban J connectivity index is 1.81. The number of hydrogen-bond donors (Lipinski definition) is 2. The van der Waals surface area contributed by atoms with Crippen molar-refractivity contribution in [2.24, 2.45) is 0 Å². The van der Waals surface area contributed by atoms with Gasteiger partial charge in [0, 0.05) is 16.9 Å². The van der Waals surface area contributed by atoms with Crippen LogP contribution in [0.25, 0.3) is 11.3 Å². The summed E-state index contributed by atoms with van der Waals surface area (Å²) in [5.41, 5.74) is 4.88. The van der Waals surface area contributed by atoms with Gasteiger partial charge in [-0.05, 0) is 43.2 Å². The van der Waals surface area contributed by atoms with Gasteiger partial charge in [0.15, 0.2) is 0 Å². The molecule has 0 amide bonds. The molecule has 3 aromatic rings. The van der Waals surface area contributed by atoms with Crippen molar-refractivity contribution in [1.29, 1.82) is 0 Å². The van der Waals surface area contributed by atoms with Gasteiger partial charge in [-0.25, -0.2) is 8.42 Å². The van der Waals surface area contributed by atoms with Crippen molar-refractivity contribution >= 4 is 15.7 Å². The van der Waals surface area contributed by atoms with Crippen LogP contribution in [0.15, 0.2) is 54.6 Å². The maximum Gasteiger partial charge on any atom is 0.236 e. The molecule has 0 fully saturated rings. The minimum atomic E-state index is -3.48. The van der Waals surface area contributed by atoms with Gasteiger partial charge < -0.3 is 0 Å². The van der Waals surface area contributed by atoms with Gasteiger partial charge in [0.25, 0.3) is 0 Å². The van der Waals surface area contributed by atoms with E-state index < -0.39 is 10.0 Å². The second-order valence-electron chi connectivity index (χ2n) is 5.80. The quantitative estimate of drug-likeness (QED) is 0.744. The second-order valence-corrected chi connectivity index (χ2v) is 7.53. The Morgan fingerprint density at radius 2 is 1.83 bits per heavy atom. The number of sulfonamides is 1. The van der Waals surface area contributed by atoms with Crippen LogP contribution in [0.2, 0.25) is 0 Å². The Morgan fingerprint density at radius 1 is 1.04 bits per heavy atom. The van der Waals surface area contributed by atoms with Crippen LogP contribution in [-0.2, 0) is 15.8 Å². The van der Waals surface area contributed by atoms with Gasteiger partial charge >= 0.3 is 0 Å². The molecule has 0 unspecified atom stereocenters. The Kier molecular flexibility index (Phi) is 4.40. The molecule has 0 atom stereocenters. The first-order valence-electron chi connectivity index (χ1n) is 7.60. The average Bonchev–Trinajstić information content (AvgIpc) is 2.96. The molecule has 2 N–H and O–H groups in total. The Morgan fingerprint density at radius 3 is 2.54 bits per heavy atom. The molecule has 24 heavy (non-hydrogen) atoms. The van der Waals surface area contributed by atoms with Crippen molar-refractivity contribution in [2.75, 3.05) is 4.72 Å². The molecule has 0 saturated carbocycles. The molecule has 124 valence electrons. The molecule has 0 aliphatic rings. The Hall–Kier alpha value is -2.60. The summed E-state index contributed by atoms with van der Waals surface area (Å²) in [7, 11) is -3.48. The van der Waals surface area contributed by atoms with Crippen LogP contribution in [0.4, 0.5) is 5.69 Å². The lowest BCUT2D eigenvalue weighted by molar-refractivity contribution is 0.600. The van der Waals surface area contributed by atoms with E-state index in [1.165, 1.54) is 0 Å². The summed E-state index contributed by atoms with van der Waals surface area (Å²) in [5, 5.41) is 7.09. The smallest absolute Gasteiger partial charge is 0.236 e. The third-order valence-corrected chi connectivity index (χ3v) is 4.98. The fraction of sp³-hybridized carbons (Fsp3) is 0.167. The molecule has 3 rings (SSSR count). The number of hydrogen-bond acceptors (Lipinski definition) is 3. The fourth-order valence-corrected chi connectivity index (χ4v) is 3.79. The third-order valence-electron chi connectivity index (χ3n) is 3.74. The SMILES string of the molecule is Cc1cc(-c2cccc(NS(=O)(=O)Cc3ccccc3C)c2)n[nH]1. The predicted octanol–water partition coefficient (Wildman–Crippen LogP) is 3.64. The summed E-state index contributed by atoms with van der Waals surface area (Å²) in [6, 6.07) is 16.6. The van der Waals surface area contributed by atoms with E-state index in [-0.39, 0.29) is 5.75 Å². The number of nitrogens with one attached hydrogen (secondary N) is 2. The lowest BCUT2D eigenvalue weighted by Crippen LogP contribution is -2.15. The molecular formula is C18H19N3O2S. The van der Waals surface area contributed by atoms with Crippen molar-refractivity contribution in [3.8, 4) is 11.3 Å². The first kappa shape index (κ1) is 16.3. The molecule has 1 heterocycles. The molecule has 0 spiro atoms. The molecule has 0 saturated heterocycles. The molecule has 6 heteroatoms. The number of benzene rings is 2. The monoisotopic (exact) mass is 341 g/mol. The summed E-state index contributed by atoms with van der Waals surface area (Å²) >= 11 is 0. The number of aryl methyl sites for hydroxylation is 2. The highest BCUT2D eigenvalue weighted by molar-refractivity contribution is 7.91. The molecule has 0 aliphatic carbocycles. The number of H-pyrrole nitrogens is 1. The second kappa shape index (κ2) is 6.49. The molecular weight excluding hydrogens is 322 g/mol. The molecule has 0 bridgehead atoms. The van der Waals surface area contributed by atoms with Crippen LogP contribution in [0.1, 0.15) is 16.8 Å². The van der Waals surface area contributed by atoms with Gasteiger partial charge in [-0.3, -0.25) is 9.82 Å². The van der Waals surface area contributed by atoms with Crippen molar-refractivity contribution in [2.45, 2.75) is 19.6 Å². The van der Waals surface area contributed by atoms with E-state index in [2.05, 4.69) is 14.9 Å². The van der Waals surface area contributed by atoms with Crippen molar-refractivity contribution < 1.29 is 8.42 Å². The van der Waals surface area contributed by atoms with Crippen LogP contribution in [0, 0.1) is 13.8 Å². The van der Waals surface area contributed by atoms with Crippen LogP contribution >= 0.6 is 0 Å². The van der Waals surface area contributed by atoms with Crippen molar-refractivity contribution in [3.63, 3.8) is 0 Å². The van der Waals surface area contributed by atoms with E-state index in [0.717, 1.165) is 28.1 Å². The van der Waals surface area contributed by atoms with Gasteiger partial charge in [0.2, 0.25) is 10.0 Å². The van der Waals surface area contributed by atoms with Crippen LogP contribution in [-0.4, -0.2) is 18.6 Å². The van der Waals surface area contributed by atoms with Gasteiger partial charge in [0.1, 0.15) is 0 Å². The lowest BCUT2D eigenvalue weighted by Gasteiger charge is -2.10.